The Morgan fingerprint density at radius 3 is 1.16 bits per heavy atom. The van der Waals surface area contributed by atoms with E-state index in [1.807, 2.05) is 33.3 Å². The van der Waals surface area contributed by atoms with Crippen LogP contribution in [-0.2, 0) is 33.3 Å². The van der Waals surface area contributed by atoms with Gasteiger partial charge in [0, 0.05) is 12.8 Å². The third kappa shape index (κ3) is 60.0. The number of ether oxygens (including phenoxy) is 4. The molecule has 0 radical (unpaired) electrons. The summed E-state index contributed by atoms with van der Waals surface area (Å²) in [7, 11) is 5.94. The van der Waals surface area contributed by atoms with E-state index in [4.69, 9.17) is 18.9 Å². The third-order valence-corrected chi connectivity index (χ3v) is 13.6. The minimum absolute atomic E-state index is 0.133. The topological polar surface area (TPSA) is 108 Å². The molecule has 2 unspecified atom stereocenters. The van der Waals surface area contributed by atoms with E-state index in [1.54, 1.807) is 0 Å². The van der Waals surface area contributed by atoms with Crippen molar-refractivity contribution in [3.63, 3.8) is 0 Å². The standard InChI is InChI=1S/C68H119NO8/c1-6-8-10-12-14-16-18-20-22-24-26-27-28-29-30-31-32-33-34-35-36-37-38-39-41-42-44-46-48-50-52-54-56-58-65(70)75-62-64(63-76-68(67(72)73)74-61-60-69(3,4)5)77-66(71)59-57-55-53-51-49-47-45-43-40-25-23-21-19-17-15-13-11-9-7-2/h9,11,15,17,21,23-24,26,40,43,47,49,53,55,64,68H,6-8,10,12-14,16,18-20,22,25,27-39,41-42,44-46,48,50-52,54,56-63H2,1-5H3/p+1/b11-9-,17-15-,23-21-,26-24-,43-40-,49-47-,55-53-. The molecule has 2 atom stereocenters. The van der Waals surface area contributed by atoms with Gasteiger partial charge in [-0.2, -0.15) is 0 Å². The largest absolute Gasteiger partial charge is 0.477 e. The Bertz CT molecular complexity index is 1540. The number of allylic oxidation sites excluding steroid dienone is 14. The molecular weight excluding hydrogens is 959 g/mol. The zero-order chi connectivity index (χ0) is 56.2. The van der Waals surface area contributed by atoms with Gasteiger partial charge in [-0.05, 0) is 77.0 Å². The predicted octanol–water partition coefficient (Wildman–Crippen LogP) is 19.1. The van der Waals surface area contributed by atoms with Crippen molar-refractivity contribution in [1.82, 2.24) is 0 Å². The lowest BCUT2D eigenvalue weighted by molar-refractivity contribution is -0.870. The highest BCUT2D eigenvalue weighted by molar-refractivity contribution is 5.71. The number of carboxylic acid groups (broad SMARTS) is 1. The first kappa shape index (κ1) is 73.5. The summed E-state index contributed by atoms with van der Waals surface area (Å²) in [6, 6.07) is 0. The first-order chi connectivity index (χ1) is 37.6. The van der Waals surface area contributed by atoms with Crippen LogP contribution < -0.4 is 0 Å². The number of hydrogen-bond donors (Lipinski definition) is 1. The van der Waals surface area contributed by atoms with Crippen molar-refractivity contribution in [2.45, 2.75) is 283 Å². The molecule has 0 aromatic heterocycles. The summed E-state index contributed by atoms with van der Waals surface area (Å²) < 4.78 is 22.8. The molecule has 9 nitrogen and oxygen atoms in total. The molecule has 0 spiro atoms. The molecule has 0 aliphatic heterocycles. The number of nitrogens with zero attached hydrogens (tertiary/aromatic N) is 1. The van der Waals surface area contributed by atoms with Crippen LogP contribution in [0, 0.1) is 0 Å². The first-order valence-corrected chi connectivity index (χ1v) is 31.8. The van der Waals surface area contributed by atoms with Crippen molar-refractivity contribution >= 4 is 17.9 Å². The molecule has 1 N–H and O–H groups in total. The maximum absolute atomic E-state index is 12.8. The molecule has 9 heteroatoms. The van der Waals surface area contributed by atoms with E-state index in [-0.39, 0.29) is 38.6 Å². The number of esters is 2. The highest BCUT2D eigenvalue weighted by Crippen LogP contribution is 2.17. The van der Waals surface area contributed by atoms with Crippen LogP contribution in [0.5, 0.6) is 0 Å². The summed E-state index contributed by atoms with van der Waals surface area (Å²) in [5.74, 6) is -2.11. The summed E-state index contributed by atoms with van der Waals surface area (Å²) in [6.07, 6.45) is 75.7. The Balaban J connectivity index is 4.14. The van der Waals surface area contributed by atoms with Gasteiger partial charge in [0.25, 0.3) is 6.29 Å². The monoisotopic (exact) mass is 1080 g/mol. The molecule has 0 aliphatic rings. The van der Waals surface area contributed by atoms with Crippen molar-refractivity contribution in [3.05, 3.63) is 85.1 Å². The van der Waals surface area contributed by atoms with E-state index in [0.717, 1.165) is 57.8 Å². The van der Waals surface area contributed by atoms with Gasteiger partial charge in [0.05, 0.1) is 34.4 Å². The van der Waals surface area contributed by atoms with Crippen molar-refractivity contribution < 1.29 is 42.9 Å². The zero-order valence-electron chi connectivity index (χ0n) is 50.6. The Morgan fingerprint density at radius 2 is 0.766 bits per heavy atom. The van der Waals surface area contributed by atoms with Gasteiger partial charge in [0.15, 0.2) is 6.10 Å². The fourth-order valence-electron chi connectivity index (χ4n) is 8.80. The highest BCUT2D eigenvalue weighted by Gasteiger charge is 2.25. The van der Waals surface area contributed by atoms with Crippen LogP contribution in [0.2, 0.25) is 0 Å². The van der Waals surface area contributed by atoms with Crippen molar-refractivity contribution in [1.29, 1.82) is 0 Å². The smallest absolute Gasteiger partial charge is 0.361 e. The minimum Gasteiger partial charge on any atom is -0.477 e. The molecule has 0 bridgehead atoms. The third-order valence-electron chi connectivity index (χ3n) is 13.6. The molecule has 0 aromatic carbocycles. The molecule has 77 heavy (non-hydrogen) atoms. The van der Waals surface area contributed by atoms with Crippen LogP contribution in [0.3, 0.4) is 0 Å². The molecule has 0 amide bonds. The van der Waals surface area contributed by atoms with E-state index >= 15 is 0 Å². The SMILES string of the molecule is CC/C=C\C/C=C\C/C=C\C/C=C\C/C=C\C/C=C\CCC(=O)OC(COC(=O)CCCCCCCCCCCCCCCCCCCCCCC/C=C\CCCCCCCCCC)COC(OCC[N+](C)(C)C)C(=O)O. The molecule has 0 aromatic rings. The fourth-order valence-corrected chi connectivity index (χ4v) is 8.80. The number of quaternary nitrogens is 1. The van der Waals surface area contributed by atoms with Gasteiger partial charge in [0.2, 0.25) is 0 Å². The van der Waals surface area contributed by atoms with E-state index in [2.05, 4.69) is 86.8 Å². The van der Waals surface area contributed by atoms with Gasteiger partial charge in [-0.15, -0.1) is 0 Å². The number of hydrogen-bond acceptors (Lipinski definition) is 7. The Kier molecular flexibility index (Phi) is 55.9. The number of carbonyl (C=O) groups is 3. The van der Waals surface area contributed by atoms with E-state index in [0.29, 0.717) is 17.4 Å². The lowest BCUT2D eigenvalue weighted by Gasteiger charge is -2.25. The van der Waals surface area contributed by atoms with Crippen LogP contribution in [0.4, 0.5) is 0 Å². The Labute approximate surface area is 474 Å². The fraction of sp³-hybridized carbons (Fsp3) is 0.750. The van der Waals surface area contributed by atoms with Crippen molar-refractivity contribution in [2.24, 2.45) is 0 Å². The average Bonchev–Trinajstić information content (AvgIpc) is 3.40. The number of aliphatic carboxylic acids is 1. The van der Waals surface area contributed by atoms with Crippen LogP contribution in [-0.4, -0.2) is 87.4 Å². The summed E-state index contributed by atoms with van der Waals surface area (Å²) in [5, 5.41) is 9.70. The summed E-state index contributed by atoms with van der Waals surface area (Å²) in [6.45, 7) is 4.69. The maximum atomic E-state index is 12.8. The van der Waals surface area contributed by atoms with Crippen LogP contribution in [0.1, 0.15) is 271 Å². The minimum atomic E-state index is -1.53. The van der Waals surface area contributed by atoms with Crippen LogP contribution in [0.15, 0.2) is 85.1 Å². The number of rotatable bonds is 58. The zero-order valence-corrected chi connectivity index (χ0v) is 50.6. The van der Waals surface area contributed by atoms with Crippen molar-refractivity contribution in [3.8, 4) is 0 Å². The molecule has 444 valence electrons. The number of likely N-dealkylation sites (N-methyl/N-ethyl adjacent to an activating group) is 1. The van der Waals surface area contributed by atoms with E-state index in [9.17, 15) is 19.5 Å². The number of carbonyl (C=O) groups excluding carboxylic acids is 2. The van der Waals surface area contributed by atoms with Gasteiger partial charge in [-0.25, -0.2) is 4.79 Å². The van der Waals surface area contributed by atoms with Gasteiger partial charge >= 0.3 is 17.9 Å². The molecule has 0 aliphatic carbocycles. The molecule has 0 fully saturated rings. The first-order valence-electron chi connectivity index (χ1n) is 31.8. The molecule has 0 saturated carbocycles. The van der Waals surface area contributed by atoms with Gasteiger partial charge < -0.3 is 28.5 Å². The summed E-state index contributed by atoms with van der Waals surface area (Å²) in [4.78, 5) is 37.4. The molecule has 0 saturated heterocycles. The Hall–Kier alpha value is -3.53. The van der Waals surface area contributed by atoms with E-state index in [1.165, 1.54) is 180 Å². The highest BCUT2D eigenvalue weighted by atomic mass is 16.7. The number of carboxylic acids is 1. The second-order valence-electron chi connectivity index (χ2n) is 22.3. The lowest BCUT2D eigenvalue weighted by atomic mass is 10.0. The maximum Gasteiger partial charge on any atom is 0.361 e. The molecule has 0 heterocycles. The van der Waals surface area contributed by atoms with Crippen LogP contribution in [0.25, 0.3) is 0 Å². The van der Waals surface area contributed by atoms with Crippen molar-refractivity contribution in [2.75, 3.05) is 47.5 Å². The quantitative estimate of drug-likeness (QED) is 0.0211. The summed E-state index contributed by atoms with van der Waals surface area (Å²) >= 11 is 0. The van der Waals surface area contributed by atoms with Gasteiger partial charge in [0.1, 0.15) is 13.2 Å². The Morgan fingerprint density at radius 1 is 0.403 bits per heavy atom. The predicted molar refractivity (Wildman–Crippen MR) is 327 cm³/mol. The molecular formula is C68H120NO8+. The average molecular weight is 1080 g/mol. The molecule has 0 rings (SSSR count). The van der Waals surface area contributed by atoms with Gasteiger partial charge in [-0.1, -0.05) is 266 Å². The normalized spacial score (nSPS) is 13.3. The van der Waals surface area contributed by atoms with Gasteiger partial charge in [-0.3, -0.25) is 9.59 Å². The lowest BCUT2D eigenvalue weighted by Crippen LogP contribution is -2.40. The van der Waals surface area contributed by atoms with E-state index < -0.39 is 24.3 Å². The van der Waals surface area contributed by atoms with Crippen LogP contribution >= 0.6 is 0 Å². The second kappa shape index (κ2) is 58.6. The second-order valence-corrected chi connectivity index (χ2v) is 22.3. The number of unbranched alkanes of at least 4 members (excludes halogenated alkanes) is 29. The summed E-state index contributed by atoms with van der Waals surface area (Å²) in [5.41, 5.74) is 0.